The van der Waals surface area contributed by atoms with Crippen LogP contribution in [0.2, 0.25) is 0 Å². The van der Waals surface area contributed by atoms with E-state index in [1.54, 1.807) is 12.3 Å². The highest BCUT2D eigenvalue weighted by molar-refractivity contribution is 5.90. The Labute approximate surface area is 74.4 Å². The van der Waals surface area contributed by atoms with Gasteiger partial charge in [-0.15, -0.1) is 0 Å². The summed E-state index contributed by atoms with van der Waals surface area (Å²) in [5, 5.41) is 9.65. The molecule has 2 rings (SSSR count). The van der Waals surface area contributed by atoms with Gasteiger partial charge in [-0.3, -0.25) is 0 Å². The largest absolute Gasteiger partial charge is 0.477 e. The molecule has 0 aliphatic heterocycles. The number of aromatic nitrogens is 2. The first-order chi connectivity index (χ1) is 6.18. The van der Waals surface area contributed by atoms with Gasteiger partial charge in [0.2, 0.25) is 0 Å². The van der Waals surface area contributed by atoms with Crippen molar-refractivity contribution >= 4 is 16.9 Å². The first kappa shape index (κ1) is 7.79. The van der Waals surface area contributed by atoms with Gasteiger partial charge in [0.25, 0.3) is 0 Å². The second-order valence-electron chi connectivity index (χ2n) is 2.86. The van der Waals surface area contributed by atoms with E-state index in [4.69, 9.17) is 5.11 Å². The molecule has 4 heteroatoms. The van der Waals surface area contributed by atoms with Crippen molar-refractivity contribution in [3.63, 3.8) is 0 Å². The smallest absolute Gasteiger partial charge is 0.354 e. The fourth-order valence-corrected chi connectivity index (χ4v) is 1.28. The maximum atomic E-state index is 10.6. The maximum absolute atomic E-state index is 10.6. The van der Waals surface area contributed by atoms with Gasteiger partial charge >= 0.3 is 5.97 Å². The zero-order valence-corrected chi connectivity index (χ0v) is 7.06. The average molecular weight is 176 g/mol. The minimum atomic E-state index is -0.997. The minimum absolute atomic E-state index is 0.0781. The number of rotatable bonds is 1. The quantitative estimate of drug-likeness (QED) is 0.711. The van der Waals surface area contributed by atoms with Gasteiger partial charge in [-0.2, -0.15) is 0 Å². The maximum Gasteiger partial charge on any atom is 0.354 e. The third kappa shape index (κ3) is 1.16. The summed E-state index contributed by atoms with van der Waals surface area (Å²) in [6.45, 7) is 0. The molecule has 1 N–H and O–H groups in total. The van der Waals surface area contributed by atoms with Gasteiger partial charge in [0, 0.05) is 24.8 Å². The highest BCUT2D eigenvalue weighted by atomic mass is 16.4. The molecule has 0 bridgehead atoms. The average Bonchev–Trinajstić information content (AvgIpc) is 2.47. The second kappa shape index (κ2) is 2.58. The Kier molecular flexibility index (Phi) is 1.55. The molecule has 4 nitrogen and oxygen atoms in total. The van der Waals surface area contributed by atoms with Crippen LogP contribution in [0, 0.1) is 0 Å². The van der Waals surface area contributed by atoms with E-state index < -0.39 is 5.97 Å². The lowest BCUT2D eigenvalue weighted by atomic mass is 10.3. The number of aryl methyl sites for hydroxylation is 1. The lowest BCUT2D eigenvalue weighted by molar-refractivity contribution is 0.0690. The normalized spacial score (nSPS) is 10.5. The molecule has 0 aliphatic rings. The standard InChI is InChI=1S/C9H8N2O2/c1-11-3-2-6-5-10-7(9(12)13)4-8(6)11/h2-5H,1H3,(H,12,13). The van der Waals surface area contributed by atoms with Crippen molar-refractivity contribution in [1.29, 1.82) is 0 Å². The summed E-state index contributed by atoms with van der Waals surface area (Å²) in [6.07, 6.45) is 3.44. The summed E-state index contributed by atoms with van der Waals surface area (Å²) in [5.74, 6) is -0.997. The monoisotopic (exact) mass is 176 g/mol. The van der Waals surface area contributed by atoms with Crippen LogP contribution in [0.5, 0.6) is 0 Å². The van der Waals surface area contributed by atoms with E-state index in [9.17, 15) is 4.79 Å². The van der Waals surface area contributed by atoms with Gasteiger partial charge in [-0.05, 0) is 12.1 Å². The van der Waals surface area contributed by atoms with Crippen LogP contribution in [-0.4, -0.2) is 20.6 Å². The molecule has 13 heavy (non-hydrogen) atoms. The highest BCUT2D eigenvalue weighted by Crippen LogP contribution is 2.14. The van der Waals surface area contributed by atoms with E-state index in [0.717, 1.165) is 10.9 Å². The molecule has 0 saturated heterocycles. The molecule has 2 heterocycles. The molecule has 0 radical (unpaired) electrons. The first-order valence-electron chi connectivity index (χ1n) is 3.83. The third-order valence-corrected chi connectivity index (χ3v) is 1.99. The Balaban J connectivity index is 2.72. The fourth-order valence-electron chi connectivity index (χ4n) is 1.28. The SMILES string of the molecule is Cn1ccc2cnc(C(=O)O)cc21. The Morgan fingerprint density at radius 2 is 2.38 bits per heavy atom. The molecule has 0 unspecified atom stereocenters. The van der Waals surface area contributed by atoms with Crippen LogP contribution in [0.3, 0.4) is 0 Å². The van der Waals surface area contributed by atoms with Crippen LogP contribution in [0.4, 0.5) is 0 Å². The van der Waals surface area contributed by atoms with Gasteiger partial charge in [0.05, 0.1) is 5.52 Å². The highest BCUT2D eigenvalue weighted by Gasteiger charge is 2.06. The number of pyridine rings is 1. The number of carboxylic acids is 1. The van der Waals surface area contributed by atoms with Crippen molar-refractivity contribution < 1.29 is 9.90 Å². The lowest BCUT2D eigenvalue weighted by Gasteiger charge is -1.96. The molecule has 0 fully saturated rings. The van der Waals surface area contributed by atoms with Gasteiger partial charge in [-0.1, -0.05) is 0 Å². The first-order valence-corrected chi connectivity index (χ1v) is 3.83. The van der Waals surface area contributed by atoms with Gasteiger partial charge < -0.3 is 9.67 Å². The molecule has 0 amide bonds. The number of hydrogen-bond donors (Lipinski definition) is 1. The van der Waals surface area contributed by atoms with E-state index in [1.165, 1.54) is 0 Å². The van der Waals surface area contributed by atoms with Crippen molar-refractivity contribution in [2.45, 2.75) is 0 Å². The molecule has 0 aliphatic carbocycles. The zero-order valence-electron chi connectivity index (χ0n) is 7.06. The van der Waals surface area contributed by atoms with Crippen molar-refractivity contribution in [2.75, 3.05) is 0 Å². The molecular formula is C9H8N2O2. The number of carboxylic acid groups (broad SMARTS) is 1. The van der Waals surface area contributed by atoms with E-state index in [2.05, 4.69) is 4.98 Å². The fraction of sp³-hybridized carbons (Fsp3) is 0.111. The van der Waals surface area contributed by atoms with Gasteiger partial charge in [0.15, 0.2) is 0 Å². The molecule has 66 valence electrons. The summed E-state index contributed by atoms with van der Waals surface area (Å²) in [6, 6.07) is 3.46. The van der Waals surface area contributed by atoms with Crippen molar-refractivity contribution in [3.8, 4) is 0 Å². The van der Waals surface area contributed by atoms with E-state index in [0.29, 0.717) is 0 Å². The third-order valence-electron chi connectivity index (χ3n) is 1.99. The molecule has 0 spiro atoms. The summed E-state index contributed by atoms with van der Waals surface area (Å²) in [4.78, 5) is 14.4. The molecule has 0 saturated carbocycles. The number of nitrogens with zero attached hydrogens (tertiary/aromatic N) is 2. The summed E-state index contributed by atoms with van der Waals surface area (Å²) < 4.78 is 1.86. The Morgan fingerprint density at radius 3 is 3.08 bits per heavy atom. The molecule has 0 aromatic carbocycles. The Bertz CT molecular complexity index is 473. The van der Waals surface area contributed by atoms with Crippen LogP contribution < -0.4 is 0 Å². The predicted molar refractivity (Wildman–Crippen MR) is 47.7 cm³/mol. The van der Waals surface area contributed by atoms with Crippen LogP contribution in [0.1, 0.15) is 10.5 Å². The minimum Gasteiger partial charge on any atom is -0.477 e. The van der Waals surface area contributed by atoms with Crippen molar-refractivity contribution in [2.24, 2.45) is 7.05 Å². The lowest BCUT2D eigenvalue weighted by Crippen LogP contribution is -1.99. The number of aromatic carboxylic acids is 1. The van der Waals surface area contributed by atoms with Crippen LogP contribution >= 0.6 is 0 Å². The Morgan fingerprint density at radius 1 is 1.62 bits per heavy atom. The van der Waals surface area contributed by atoms with Crippen LogP contribution in [-0.2, 0) is 7.05 Å². The molecule has 2 aromatic rings. The number of carbonyl (C=O) groups is 1. The van der Waals surface area contributed by atoms with E-state index >= 15 is 0 Å². The Hall–Kier alpha value is -1.84. The number of hydrogen-bond acceptors (Lipinski definition) is 2. The van der Waals surface area contributed by atoms with E-state index in [-0.39, 0.29) is 5.69 Å². The van der Waals surface area contributed by atoms with Crippen LogP contribution in [0.25, 0.3) is 10.9 Å². The van der Waals surface area contributed by atoms with Gasteiger partial charge in [-0.25, -0.2) is 9.78 Å². The summed E-state index contributed by atoms with van der Waals surface area (Å²) in [5.41, 5.74) is 0.960. The van der Waals surface area contributed by atoms with Crippen molar-refractivity contribution in [3.05, 3.63) is 30.2 Å². The summed E-state index contributed by atoms with van der Waals surface area (Å²) >= 11 is 0. The van der Waals surface area contributed by atoms with Gasteiger partial charge in [0.1, 0.15) is 5.69 Å². The summed E-state index contributed by atoms with van der Waals surface area (Å²) in [7, 11) is 1.87. The zero-order chi connectivity index (χ0) is 9.42. The predicted octanol–water partition coefficient (Wildman–Crippen LogP) is 1.27. The topological polar surface area (TPSA) is 55.1 Å². The van der Waals surface area contributed by atoms with E-state index in [1.807, 2.05) is 23.9 Å². The van der Waals surface area contributed by atoms with Crippen LogP contribution in [0.15, 0.2) is 24.5 Å². The second-order valence-corrected chi connectivity index (χ2v) is 2.86. The number of fused-ring (bicyclic) bond motifs is 1. The molecule has 2 aromatic heterocycles. The molecule has 0 atom stereocenters. The van der Waals surface area contributed by atoms with Crippen molar-refractivity contribution in [1.82, 2.24) is 9.55 Å². The molecular weight excluding hydrogens is 168 g/mol.